The summed E-state index contributed by atoms with van der Waals surface area (Å²) in [5, 5.41) is 2.74. The summed E-state index contributed by atoms with van der Waals surface area (Å²) in [5.74, 6) is -0.558. The van der Waals surface area contributed by atoms with Gasteiger partial charge in [0.2, 0.25) is 15.9 Å². The molecule has 1 aliphatic rings. The van der Waals surface area contributed by atoms with Crippen LogP contribution in [0.1, 0.15) is 25.0 Å². The van der Waals surface area contributed by atoms with Gasteiger partial charge in [-0.2, -0.15) is 0 Å². The molecule has 9 nitrogen and oxygen atoms in total. The molecule has 0 bridgehead atoms. The summed E-state index contributed by atoms with van der Waals surface area (Å²) in [6.45, 7) is 5.34. The van der Waals surface area contributed by atoms with E-state index < -0.39 is 32.0 Å². The van der Waals surface area contributed by atoms with Gasteiger partial charge in [-0.3, -0.25) is 19.2 Å². The molecule has 0 spiro atoms. The van der Waals surface area contributed by atoms with Crippen molar-refractivity contribution in [2.45, 2.75) is 31.7 Å². The summed E-state index contributed by atoms with van der Waals surface area (Å²) in [6, 6.07) is 10.4. The molecule has 1 atom stereocenters. The first-order valence-electron chi connectivity index (χ1n) is 9.47. The number of sulfonamides is 2. The summed E-state index contributed by atoms with van der Waals surface area (Å²) in [4.78, 5) is 17.5. The Morgan fingerprint density at radius 2 is 1.81 bits per heavy atom. The highest BCUT2D eigenvalue weighted by Gasteiger charge is 2.32. The molecule has 0 saturated carbocycles. The van der Waals surface area contributed by atoms with E-state index in [2.05, 4.69) is 19.8 Å². The minimum Gasteiger partial charge on any atom is -0.324 e. The Kier molecular flexibility index (Phi) is 6.10. The number of anilines is 2. The van der Waals surface area contributed by atoms with Gasteiger partial charge in [0.1, 0.15) is 11.9 Å². The van der Waals surface area contributed by atoms with Crippen LogP contribution in [0.4, 0.5) is 11.4 Å². The van der Waals surface area contributed by atoms with Crippen molar-refractivity contribution in [2.24, 2.45) is 10.9 Å². The molecule has 0 radical (unpaired) electrons. The fourth-order valence-corrected chi connectivity index (χ4v) is 4.96. The molecule has 0 saturated heterocycles. The Bertz CT molecular complexity index is 1270. The van der Waals surface area contributed by atoms with E-state index in [4.69, 9.17) is 0 Å². The van der Waals surface area contributed by atoms with Crippen molar-refractivity contribution in [3.8, 4) is 0 Å². The number of nitrogens with zero attached hydrogens (tertiary/aromatic N) is 1. The van der Waals surface area contributed by atoms with Crippen LogP contribution in [0.2, 0.25) is 0 Å². The maximum absolute atomic E-state index is 13.0. The first kappa shape index (κ1) is 22.8. The Morgan fingerprint density at radius 3 is 2.45 bits per heavy atom. The zero-order chi connectivity index (χ0) is 23.0. The van der Waals surface area contributed by atoms with Gasteiger partial charge in [-0.05, 0) is 42.7 Å². The fourth-order valence-electron chi connectivity index (χ4n) is 3.10. The molecule has 1 amide bonds. The zero-order valence-electron chi connectivity index (χ0n) is 17.5. The Hall–Kier alpha value is -2.92. The fraction of sp³-hybridized carbons (Fsp3) is 0.300. The number of carbonyl (C=O) groups is 1. The quantitative estimate of drug-likeness (QED) is 0.602. The summed E-state index contributed by atoms with van der Waals surface area (Å²) < 4.78 is 52.6. The van der Waals surface area contributed by atoms with Gasteiger partial charge in [-0.25, -0.2) is 16.8 Å². The predicted octanol–water partition coefficient (Wildman–Crippen LogP) is 2.07. The first-order valence-corrected chi connectivity index (χ1v) is 12.8. The molecule has 0 unspecified atom stereocenters. The molecular formula is C20H24N4O5S2. The topological polar surface area (TPSA) is 134 Å². The third kappa shape index (κ3) is 5.23. The predicted molar refractivity (Wildman–Crippen MR) is 120 cm³/mol. The monoisotopic (exact) mass is 464 g/mol. The van der Waals surface area contributed by atoms with E-state index in [1.807, 2.05) is 0 Å². The van der Waals surface area contributed by atoms with Crippen LogP contribution in [0.3, 0.4) is 0 Å². The lowest BCUT2D eigenvalue weighted by Crippen LogP contribution is -2.34. The van der Waals surface area contributed by atoms with Crippen molar-refractivity contribution in [1.82, 2.24) is 4.72 Å². The van der Waals surface area contributed by atoms with Crippen LogP contribution < -0.4 is 14.8 Å². The van der Waals surface area contributed by atoms with Gasteiger partial charge in [-0.15, -0.1) is 0 Å². The lowest BCUT2D eigenvalue weighted by Gasteiger charge is -2.18. The van der Waals surface area contributed by atoms with Gasteiger partial charge in [-0.1, -0.05) is 32.0 Å². The van der Waals surface area contributed by atoms with Gasteiger partial charge in [0, 0.05) is 11.3 Å². The van der Waals surface area contributed by atoms with Crippen LogP contribution >= 0.6 is 0 Å². The summed E-state index contributed by atoms with van der Waals surface area (Å²) in [6.07, 6.45) is 1.04. The number of aryl methyl sites for hydroxylation is 1. The van der Waals surface area contributed by atoms with E-state index in [1.54, 1.807) is 51.1 Å². The molecule has 2 aromatic rings. The zero-order valence-corrected chi connectivity index (χ0v) is 19.1. The molecular weight excluding hydrogens is 440 g/mol. The van der Waals surface area contributed by atoms with Crippen molar-refractivity contribution in [2.75, 3.05) is 16.3 Å². The van der Waals surface area contributed by atoms with Gasteiger partial charge in [0.25, 0.3) is 10.0 Å². The highest BCUT2D eigenvalue weighted by molar-refractivity contribution is 7.92. The van der Waals surface area contributed by atoms with Gasteiger partial charge < -0.3 is 5.32 Å². The van der Waals surface area contributed by atoms with Gasteiger partial charge in [0.05, 0.1) is 16.8 Å². The van der Waals surface area contributed by atoms with Crippen LogP contribution in [0.15, 0.2) is 52.4 Å². The summed E-state index contributed by atoms with van der Waals surface area (Å²) in [5.41, 5.74) is 1.85. The van der Waals surface area contributed by atoms with E-state index in [-0.39, 0.29) is 16.6 Å². The Balaban J connectivity index is 1.90. The number of benzene rings is 2. The lowest BCUT2D eigenvalue weighted by molar-refractivity contribution is -0.118. The van der Waals surface area contributed by atoms with E-state index in [1.165, 1.54) is 12.1 Å². The highest BCUT2D eigenvalue weighted by atomic mass is 32.2. The van der Waals surface area contributed by atoms with Crippen molar-refractivity contribution in [1.29, 1.82) is 0 Å². The van der Waals surface area contributed by atoms with Gasteiger partial charge in [0.15, 0.2) is 0 Å². The minimum atomic E-state index is -3.72. The van der Waals surface area contributed by atoms with Crippen LogP contribution in [-0.4, -0.2) is 40.9 Å². The second-order valence-corrected chi connectivity index (χ2v) is 11.1. The number of amidine groups is 1. The molecule has 1 aliphatic heterocycles. The van der Waals surface area contributed by atoms with Crippen LogP contribution in [0, 0.1) is 12.8 Å². The lowest BCUT2D eigenvalue weighted by atomic mass is 10.0. The number of amides is 1. The van der Waals surface area contributed by atoms with Crippen LogP contribution in [0.25, 0.3) is 0 Å². The summed E-state index contributed by atoms with van der Waals surface area (Å²) >= 11 is 0. The molecule has 2 aromatic carbocycles. The second-order valence-electron chi connectivity index (χ2n) is 7.66. The number of fused-ring (bicyclic) bond motifs is 1. The number of aliphatic imine (C=N–C) groups is 1. The molecule has 31 heavy (non-hydrogen) atoms. The third-order valence-corrected chi connectivity index (χ3v) is 6.62. The van der Waals surface area contributed by atoms with Crippen molar-refractivity contribution >= 4 is 43.2 Å². The number of hydrogen-bond acceptors (Lipinski definition) is 6. The van der Waals surface area contributed by atoms with Crippen molar-refractivity contribution < 1.29 is 21.6 Å². The highest BCUT2D eigenvalue weighted by Crippen LogP contribution is 2.25. The first-order chi connectivity index (χ1) is 14.4. The summed E-state index contributed by atoms with van der Waals surface area (Å²) in [7, 11) is -7.20. The standard InChI is InChI=1S/C20H24N4O5S2/c1-12(2)18(22-19-15-7-5-6-8-17(15)31(28,29)24-19)20(25)21-14-10-9-13(3)16(11-14)23-30(4,26)27/h5-12,18,23H,1-4H3,(H,21,25)(H,22,24)/t18-/m0/s1. The number of rotatable bonds is 6. The van der Waals surface area contributed by atoms with Crippen LogP contribution in [0.5, 0.6) is 0 Å². The van der Waals surface area contributed by atoms with Crippen molar-refractivity contribution in [3.05, 3.63) is 53.6 Å². The number of hydrogen-bond donors (Lipinski definition) is 3. The largest absolute Gasteiger partial charge is 0.324 e. The number of nitrogens with one attached hydrogen (secondary N) is 3. The Morgan fingerprint density at radius 1 is 1.13 bits per heavy atom. The number of carbonyl (C=O) groups excluding carboxylic acids is 1. The molecule has 0 fully saturated rings. The average molecular weight is 465 g/mol. The smallest absolute Gasteiger partial charge is 0.263 e. The van der Waals surface area contributed by atoms with Gasteiger partial charge >= 0.3 is 0 Å². The average Bonchev–Trinajstić information content (AvgIpc) is 2.91. The van der Waals surface area contributed by atoms with E-state index in [0.29, 0.717) is 22.5 Å². The maximum atomic E-state index is 13.0. The van der Waals surface area contributed by atoms with E-state index >= 15 is 0 Å². The van der Waals surface area contributed by atoms with Crippen LogP contribution in [-0.2, 0) is 24.8 Å². The third-order valence-electron chi connectivity index (χ3n) is 4.63. The Labute approximate surface area is 182 Å². The molecule has 0 aliphatic carbocycles. The van der Waals surface area contributed by atoms with E-state index in [0.717, 1.165) is 6.26 Å². The van der Waals surface area contributed by atoms with E-state index in [9.17, 15) is 21.6 Å². The molecule has 0 aromatic heterocycles. The van der Waals surface area contributed by atoms with Crippen molar-refractivity contribution in [3.63, 3.8) is 0 Å². The minimum absolute atomic E-state index is 0.117. The maximum Gasteiger partial charge on any atom is 0.263 e. The molecule has 11 heteroatoms. The molecule has 3 rings (SSSR count). The molecule has 1 heterocycles. The second kappa shape index (κ2) is 8.31. The molecule has 166 valence electrons. The normalized spacial score (nSPS) is 17.1. The molecule has 3 N–H and O–H groups in total. The SMILES string of the molecule is Cc1ccc(NC(=O)[C@@H](N=C2NS(=O)(=O)c3ccccc32)C(C)C)cc1NS(C)(=O)=O.